The van der Waals surface area contributed by atoms with Crippen molar-refractivity contribution in [3.8, 4) is 5.75 Å². The Labute approximate surface area is 139 Å². The highest BCUT2D eigenvalue weighted by Crippen LogP contribution is 2.16. The van der Waals surface area contributed by atoms with E-state index >= 15 is 0 Å². The third-order valence-electron chi connectivity index (χ3n) is 3.49. The molecule has 128 valence electrons. The summed E-state index contributed by atoms with van der Waals surface area (Å²) in [6.07, 6.45) is -0.102. The van der Waals surface area contributed by atoms with Crippen LogP contribution in [0.4, 0.5) is 0 Å². The van der Waals surface area contributed by atoms with Gasteiger partial charge in [-0.05, 0) is 30.2 Å². The molecule has 2 N–H and O–H groups in total. The number of aryl methyl sites for hydroxylation is 1. The highest BCUT2D eigenvalue weighted by Gasteiger charge is 2.13. The number of hydrogen-bond donors (Lipinski definition) is 2. The molecule has 1 amide bonds. The van der Waals surface area contributed by atoms with Crippen LogP contribution in [-0.2, 0) is 6.54 Å². The number of nitrogens with zero attached hydrogens (tertiary/aromatic N) is 2. The predicted molar refractivity (Wildman–Crippen MR) is 89.1 cm³/mol. The van der Waals surface area contributed by atoms with Crippen LogP contribution in [0.2, 0.25) is 0 Å². The van der Waals surface area contributed by atoms with Crippen molar-refractivity contribution in [2.45, 2.75) is 26.0 Å². The quantitative estimate of drug-likeness (QED) is 0.793. The summed E-state index contributed by atoms with van der Waals surface area (Å²) >= 11 is 0. The first-order valence-corrected chi connectivity index (χ1v) is 7.73. The molecule has 0 unspecified atom stereocenters. The number of aliphatic hydroxyl groups excluding tert-OH is 1. The molecule has 0 aliphatic heterocycles. The van der Waals surface area contributed by atoms with Crippen LogP contribution < -0.4 is 15.6 Å². The molecule has 0 aliphatic carbocycles. The van der Waals surface area contributed by atoms with Gasteiger partial charge in [-0.3, -0.25) is 9.59 Å². The minimum absolute atomic E-state index is 0.0414. The van der Waals surface area contributed by atoms with E-state index in [9.17, 15) is 14.7 Å². The SMILES string of the molecule is CCCn1nc(C(=O)NC[C@@H](O)c2ccc(OC)cc2)ccc1=O. The van der Waals surface area contributed by atoms with Crippen LogP contribution in [0.5, 0.6) is 5.75 Å². The zero-order valence-electron chi connectivity index (χ0n) is 13.7. The number of methoxy groups -OCH3 is 1. The predicted octanol–water partition coefficient (Wildman–Crippen LogP) is 1.13. The first-order chi connectivity index (χ1) is 11.5. The highest BCUT2D eigenvalue weighted by atomic mass is 16.5. The van der Waals surface area contributed by atoms with E-state index < -0.39 is 12.0 Å². The first-order valence-electron chi connectivity index (χ1n) is 7.73. The van der Waals surface area contributed by atoms with E-state index in [1.54, 1.807) is 31.4 Å². The van der Waals surface area contributed by atoms with Crippen molar-refractivity contribution < 1.29 is 14.6 Å². The molecule has 24 heavy (non-hydrogen) atoms. The smallest absolute Gasteiger partial charge is 0.271 e. The molecule has 0 fully saturated rings. The molecular weight excluding hydrogens is 310 g/mol. The zero-order valence-corrected chi connectivity index (χ0v) is 13.7. The summed E-state index contributed by atoms with van der Waals surface area (Å²) in [4.78, 5) is 23.7. The Kier molecular flexibility index (Phi) is 6.08. The van der Waals surface area contributed by atoms with Gasteiger partial charge in [-0.1, -0.05) is 19.1 Å². The normalized spacial score (nSPS) is 11.8. The fraction of sp³-hybridized carbons (Fsp3) is 0.353. The Morgan fingerprint density at radius 2 is 2.00 bits per heavy atom. The average Bonchev–Trinajstić information content (AvgIpc) is 2.61. The van der Waals surface area contributed by atoms with Gasteiger partial charge in [0.15, 0.2) is 0 Å². The van der Waals surface area contributed by atoms with E-state index in [-0.39, 0.29) is 17.8 Å². The Morgan fingerprint density at radius 1 is 1.29 bits per heavy atom. The maximum Gasteiger partial charge on any atom is 0.271 e. The number of hydrogen-bond acceptors (Lipinski definition) is 5. The summed E-state index contributed by atoms with van der Waals surface area (Å²) in [6.45, 7) is 2.42. The monoisotopic (exact) mass is 331 g/mol. The van der Waals surface area contributed by atoms with Gasteiger partial charge in [-0.2, -0.15) is 5.10 Å². The third kappa shape index (κ3) is 4.42. The van der Waals surface area contributed by atoms with Crippen molar-refractivity contribution in [1.82, 2.24) is 15.1 Å². The van der Waals surface area contributed by atoms with Gasteiger partial charge >= 0.3 is 0 Å². The lowest BCUT2D eigenvalue weighted by Gasteiger charge is -2.13. The largest absolute Gasteiger partial charge is 0.497 e. The third-order valence-corrected chi connectivity index (χ3v) is 3.49. The molecular formula is C17H21N3O4. The molecule has 0 bridgehead atoms. The van der Waals surface area contributed by atoms with Crippen LogP contribution >= 0.6 is 0 Å². The van der Waals surface area contributed by atoms with E-state index in [0.29, 0.717) is 17.9 Å². The summed E-state index contributed by atoms with van der Waals surface area (Å²) in [5.41, 5.74) is 0.566. The van der Waals surface area contributed by atoms with Gasteiger partial charge < -0.3 is 15.2 Å². The fourth-order valence-corrected chi connectivity index (χ4v) is 2.17. The molecule has 1 atom stereocenters. The van der Waals surface area contributed by atoms with Crippen molar-refractivity contribution >= 4 is 5.91 Å². The number of nitrogens with one attached hydrogen (secondary N) is 1. The maximum absolute atomic E-state index is 12.1. The summed E-state index contributed by atoms with van der Waals surface area (Å²) < 4.78 is 6.32. The van der Waals surface area contributed by atoms with Crippen molar-refractivity contribution in [2.24, 2.45) is 0 Å². The summed E-state index contributed by atoms with van der Waals surface area (Å²) in [5.74, 6) is 0.254. The molecule has 0 saturated carbocycles. The molecule has 2 rings (SSSR count). The molecule has 0 spiro atoms. The summed E-state index contributed by atoms with van der Waals surface area (Å²) in [6, 6.07) is 9.64. The van der Waals surface area contributed by atoms with Crippen LogP contribution in [0.25, 0.3) is 0 Å². The molecule has 7 heteroatoms. The lowest BCUT2D eigenvalue weighted by atomic mass is 10.1. The van der Waals surface area contributed by atoms with Crippen molar-refractivity contribution in [3.05, 3.63) is 58.0 Å². The van der Waals surface area contributed by atoms with Gasteiger partial charge in [0.2, 0.25) is 0 Å². The van der Waals surface area contributed by atoms with Gasteiger partial charge in [0.1, 0.15) is 11.4 Å². The second-order valence-electron chi connectivity index (χ2n) is 5.28. The van der Waals surface area contributed by atoms with Crippen molar-refractivity contribution in [1.29, 1.82) is 0 Å². The zero-order chi connectivity index (χ0) is 17.5. The Morgan fingerprint density at radius 3 is 2.62 bits per heavy atom. The number of rotatable bonds is 7. The fourth-order valence-electron chi connectivity index (χ4n) is 2.17. The summed E-state index contributed by atoms with van der Waals surface area (Å²) in [7, 11) is 1.57. The van der Waals surface area contributed by atoms with Gasteiger partial charge in [0.25, 0.3) is 11.5 Å². The number of benzene rings is 1. The number of aliphatic hydroxyl groups is 1. The van der Waals surface area contributed by atoms with Crippen LogP contribution in [0.15, 0.2) is 41.2 Å². The van der Waals surface area contributed by atoms with E-state index in [1.807, 2.05) is 6.92 Å². The molecule has 1 aromatic carbocycles. The van der Waals surface area contributed by atoms with Crippen LogP contribution in [-0.4, -0.2) is 34.4 Å². The van der Waals surface area contributed by atoms with E-state index in [0.717, 1.165) is 6.42 Å². The number of carbonyl (C=O) groups is 1. The van der Waals surface area contributed by atoms with E-state index in [2.05, 4.69) is 10.4 Å². The van der Waals surface area contributed by atoms with Crippen molar-refractivity contribution in [3.63, 3.8) is 0 Å². The Balaban J connectivity index is 1.99. The second kappa shape index (κ2) is 8.26. The highest BCUT2D eigenvalue weighted by molar-refractivity contribution is 5.92. The standard InChI is InChI=1S/C17H21N3O4/c1-3-10-20-16(22)9-8-14(19-20)17(23)18-11-15(21)12-4-6-13(24-2)7-5-12/h4-9,15,21H,3,10-11H2,1-2H3,(H,18,23)/t15-/m1/s1. The van der Waals surface area contributed by atoms with E-state index in [1.165, 1.54) is 16.8 Å². The number of amides is 1. The molecule has 0 aliphatic rings. The Bertz CT molecular complexity index is 740. The topological polar surface area (TPSA) is 93.5 Å². The first kappa shape index (κ1) is 17.7. The number of carbonyl (C=O) groups excluding carboxylic acids is 1. The molecule has 1 heterocycles. The second-order valence-corrected chi connectivity index (χ2v) is 5.28. The average molecular weight is 331 g/mol. The van der Waals surface area contributed by atoms with E-state index in [4.69, 9.17) is 4.74 Å². The number of ether oxygens (including phenoxy) is 1. The van der Waals surface area contributed by atoms with Crippen LogP contribution in [0.3, 0.4) is 0 Å². The van der Waals surface area contributed by atoms with Crippen LogP contribution in [0.1, 0.15) is 35.5 Å². The van der Waals surface area contributed by atoms with Gasteiger partial charge in [0, 0.05) is 19.2 Å². The van der Waals surface area contributed by atoms with Gasteiger partial charge in [-0.15, -0.1) is 0 Å². The molecule has 2 aromatic rings. The molecule has 0 saturated heterocycles. The number of aromatic nitrogens is 2. The minimum atomic E-state index is -0.846. The van der Waals surface area contributed by atoms with Crippen LogP contribution in [0, 0.1) is 0 Å². The van der Waals surface area contributed by atoms with Gasteiger partial charge in [0.05, 0.1) is 13.2 Å². The summed E-state index contributed by atoms with van der Waals surface area (Å²) in [5, 5.41) is 16.8. The van der Waals surface area contributed by atoms with Crippen molar-refractivity contribution in [2.75, 3.05) is 13.7 Å². The molecule has 1 aromatic heterocycles. The lowest BCUT2D eigenvalue weighted by molar-refractivity contribution is 0.0908. The Hall–Kier alpha value is -2.67. The lowest BCUT2D eigenvalue weighted by Crippen LogP contribution is -2.32. The molecule has 0 radical (unpaired) electrons. The maximum atomic E-state index is 12.1. The molecule has 7 nitrogen and oxygen atoms in total. The minimum Gasteiger partial charge on any atom is -0.497 e. The van der Waals surface area contributed by atoms with Gasteiger partial charge in [-0.25, -0.2) is 4.68 Å².